The highest BCUT2D eigenvalue weighted by molar-refractivity contribution is 6.12. The van der Waals surface area contributed by atoms with E-state index in [-0.39, 0.29) is 37.7 Å². The van der Waals surface area contributed by atoms with E-state index in [0.29, 0.717) is 33.9 Å². The summed E-state index contributed by atoms with van der Waals surface area (Å²) < 4.78 is 22.1. The molecule has 1 amide bonds. The van der Waals surface area contributed by atoms with Gasteiger partial charge in [-0.25, -0.2) is 9.59 Å². The van der Waals surface area contributed by atoms with Crippen molar-refractivity contribution in [2.45, 2.75) is 45.4 Å². The number of carbonyl (C=O) groups is 3. The van der Waals surface area contributed by atoms with Crippen molar-refractivity contribution in [3.05, 3.63) is 89.0 Å². The molecule has 3 aromatic rings. The lowest BCUT2D eigenvalue weighted by molar-refractivity contribution is -0.146. The summed E-state index contributed by atoms with van der Waals surface area (Å²) in [6, 6.07) is 20.2. The van der Waals surface area contributed by atoms with E-state index < -0.39 is 17.4 Å². The van der Waals surface area contributed by atoms with E-state index >= 15 is 0 Å². The zero-order valence-electron chi connectivity index (χ0n) is 23.5. The molecule has 1 heterocycles. The summed E-state index contributed by atoms with van der Waals surface area (Å²) in [4.78, 5) is 38.7. The fourth-order valence-corrected chi connectivity index (χ4v) is 4.93. The molecule has 0 saturated carbocycles. The Bertz CT molecular complexity index is 1410. The second kappa shape index (κ2) is 11.8. The lowest BCUT2D eigenvalue weighted by Crippen LogP contribution is -2.38. The number of carbonyl (C=O) groups excluding carboxylic acids is 3. The zero-order chi connectivity index (χ0) is 28.9. The van der Waals surface area contributed by atoms with Crippen LogP contribution in [0, 0.1) is 0 Å². The lowest BCUT2D eigenvalue weighted by atomic mass is 9.68. The predicted octanol–water partition coefficient (Wildman–Crippen LogP) is 5.15. The molecule has 40 heavy (non-hydrogen) atoms. The van der Waals surface area contributed by atoms with Gasteiger partial charge in [-0.3, -0.25) is 4.79 Å². The Morgan fingerprint density at radius 1 is 0.750 bits per heavy atom. The van der Waals surface area contributed by atoms with Crippen molar-refractivity contribution < 1.29 is 33.3 Å². The first kappa shape index (κ1) is 28.7. The molecule has 0 saturated heterocycles. The first-order valence-corrected chi connectivity index (χ1v) is 13.3. The molecular formula is C32H35NO7. The van der Waals surface area contributed by atoms with E-state index in [1.54, 1.807) is 38.1 Å². The summed E-state index contributed by atoms with van der Waals surface area (Å²) in [6.07, 6.45) is 0. The summed E-state index contributed by atoms with van der Waals surface area (Å²) in [6.45, 7) is 9.50. The first-order chi connectivity index (χ1) is 19.1. The number of ether oxygens (including phenoxy) is 4. The van der Waals surface area contributed by atoms with Crippen LogP contribution in [-0.2, 0) is 34.7 Å². The van der Waals surface area contributed by atoms with Crippen molar-refractivity contribution in [3.63, 3.8) is 0 Å². The van der Waals surface area contributed by atoms with Gasteiger partial charge in [0.2, 0.25) is 5.91 Å². The third-order valence-corrected chi connectivity index (χ3v) is 6.76. The van der Waals surface area contributed by atoms with Crippen LogP contribution in [0.4, 0.5) is 5.69 Å². The van der Waals surface area contributed by atoms with Gasteiger partial charge in [-0.15, -0.1) is 0 Å². The second-order valence-electron chi connectivity index (χ2n) is 10.4. The van der Waals surface area contributed by atoms with Crippen molar-refractivity contribution in [2.75, 3.05) is 31.7 Å². The van der Waals surface area contributed by atoms with Gasteiger partial charge < -0.3 is 24.3 Å². The summed E-state index contributed by atoms with van der Waals surface area (Å²) in [5.74, 6) is -0.645. The predicted molar refractivity (Wildman–Crippen MR) is 151 cm³/mol. The van der Waals surface area contributed by atoms with Gasteiger partial charge >= 0.3 is 11.9 Å². The lowest BCUT2D eigenvalue weighted by Gasteiger charge is -2.33. The van der Waals surface area contributed by atoms with Crippen LogP contribution < -0.4 is 14.8 Å². The minimum atomic E-state index is -1.42. The number of amides is 1. The molecule has 8 heteroatoms. The maximum absolute atomic E-state index is 14.3. The van der Waals surface area contributed by atoms with Gasteiger partial charge in [-0.05, 0) is 49.1 Å². The van der Waals surface area contributed by atoms with E-state index in [9.17, 15) is 14.4 Å². The SMILES string of the molecule is CCOC(=O)COc1ccccc1C1(c2cc(C(C)(C)C)ccc2OCC(=O)OCC)C(=O)Nc2ccccc21. The Kier molecular flexibility index (Phi) is 8.47. The number of rotatable bonds is 10. The Hall–Kier alpha value is -4.33. The Balaban J connectivity index is 1.99. The quantitative estimate of drug-likeness (QED) is 0.352. The van der Waals surface area contributed by atoms with Crippen LogP contribution in [0.3, 0.4) is 0 Å². The van der Waals surface area contributed by atoms with E-state index in [1.807, 2.05) is 42.5 Å². The highest BCUT2D eigenvalue weighted by Gasteiger charge is 2.53. The molecule has 0 bridgehead atoms. The first-order valence-electron chi connectivity index (χ1n) is 13.3. The highest BCUT2D eigenvalue weighted by Crippen LogP contribution is 2.53. The third-order valence-electron chi connectivity index (χ3n) is 6.76. The molecule has 1 aliphatic rings. The molecule has 1 atom stereocenters. The van der Waals surface area contributed by atoms with Crippen LogP contribution in [0.5, 0.6) is 11.5 Å². The third kappa shape index (κ3) is 5.52. The number of fused-ring (bicyclic) bond motifs is 1. The molecular weight excluding hydrogens is 510 g/mol. The normalized spacial score (nSPS) is 16.1. The fraction of sp³-hybridized carbons (Fsp3) is 0.344. The van der Waals surface area contributed by atoms with Gasteiger partial charge in [0.05, 0.1) is 13.2 Å². The fourth-order valence-electron chi connectivity index (χ4n) is 4.93. The number of hydrogen-bond donors (Lipinski definition) is 1. The van der Waals surface area contributed by atoms with Crippen molar-refractivity contribution in [1.29, 1.82) is 0 Å². The van der Waals surface area contributed by atoms with E-state index in [1.165, 1.54) is 0 Å². The maximum Gasteiger partial charge on any atom is 0.344 e. The minimum Gasteiger partial charge on any atom is -0.482 e. The Labute approximate surface area is 234 Å². The van der Waals surface area contributed by atoms with Gasteiger partial charge in [0, 0.05) is 22.4 Å². The number of para-hydroxylation sites is 2. The second-order valence-corrected chi connectivity index (χ2v) is 10.4. The number of anilines is 1. The summed E-state index contributed by atoms with van der Waals surface area (Å²) in [5, 5.41) is 3.03. The minimum absolute atomic E-state index is 0.225. The van der Waals surface area contributed by atoms with Crippen molar-refractivity contribution >= 4 is 23.5 Å². The van der Waals surface area contributed by atoms with Crippen LogP contribution >= 0.6 is 0 Å². The van der Waals surface area contributed by atoms with Gasteiger partial charge in [-0.1, -0.05) is 63.2 Å². The zero-order valence-corrected chi connectivity index (χ0v) is 23.5. The standard InChI is InChI=1S/C32H35NO7/c1-6-37-28(34)19-39-26-15-11-9-13-23(26)32(22-12-8-10-14-25(22)33-30(32)36)24-18-21(31(3,4)5)16-17-27(24)40-20-29(35)38-7-2/h8-18H,6-7,19-20H2,1-5H3,(H,33,36). The number of nitrogens with one attached hydrogen (secondary N) is 1. The van der Waals surface area contributed by atoms with Crippen LogP contribution in [0.2, 0.25) is 0 Å². The molecule has 1 unspecified atom stereocenters. The molecule has 0 fully saturated rings. The average Bonchev–Trinajstić information content (AvgIpc) is 3.22. The summed E-state index contributed by atoms with van der Waals surface area (Å²) in [7, 11) is 0. The molecule has 0 aromatic heterocycles. The van der Waals surface area contributed by atoms with Crippen LogP contribution in [0.1, 0.15) is 56.9 Å². The maximum atomic E-state index is 14.3. The Morgan fingerprint density at radius 2 is 1.30 bits per heavy atom. The van der Waals surface area contributed by atoms with Crippen LogP contribution in [0.25, 0.3) is 0 Å². The smallest absolute Gasteiger partial charge is 0.344 e. The molecule has 4 rings (SSSR count). The summed E-state index contributed by atoms with van der Waals surface area (Å²) in [5.41, 5.74) is 1.68. The van der Waals surface area contributed by atoms with Crippen LogP contribution in [0.15, 0.2) is 66.7 Å². The molecule has 0 spiro atoms. The molecule has 3 aromatic carbocycles. The average molecular weight is 546 g/mol. The summed E-state index contributed by atoms with van der Waals surface area (Å²) >= 11 is 0. The molecule has 0 aliphatic carbocycles. The molecule has 210 valence electrons. The van der Waals surface area contributed by atoms with Crippen LogP contribution in [-0.4, -0.2) is 44.3 Å². The van der Waals surface area contributed by atoms with E-state index in [4.69, 9.17) is 18.9 Å². The van der Waals surface area contributed by atoms with E-state index in [2.05, 4.69) is 26.1 Å². The number of hydrogen-bond acceptors (Lipinski definition) is 7. The van der Waals surface area contributed by atoms with E-state index in [0.717, 1.165) is 5.56 Å². The molecule has 0 radical (unpaired) electrons. The van der Waals surface area contributed by atoms with Gasteiger partial charge in [0.1, 0.15) is 16.9 Å². The van der Waals surface area contributed by atoms with Gasteiger partial charge in [-0.2, -0.15) is 0 Å². The van der Waals surface area contributed by atoms with Crippen molar-refractivity contribution in [1.82, 2.24) is 0 Å². The topological polar surface area (TPSA) is 100 Å². The molecule has 1 N–H and O–H groups in total. The largest absolute Gasteiger partial charge is 0.482 e. The van der Waals surface area contributed by atoms with Crippen molar-refractivity contribution in [3.8, 4) is 11.5 Å². The monoisotopic (exact) mass is 545 g/mol. The highest BCUT2D eigenvalue weighted by atomic mass is 16.6. The van der Waals surface area contributed by atoms with Crippen molar-refractivity contribution in [2.24, 2.45) is 0 Å². The Morgan fingerprint density at radius 3 is 1.90 bits per heavy atom. The van der Waals surface area contributed by atoms with Gasteiger partial charge in [0.25, 0.3) is 0 Å². The number of benzene rings is 3. The number of esters is 2. The van der Waals surface area contributed by atoms with Gasteiger partial charge in [0.15, 0.2) is 13.2 Å². The molecule has 1 aliphatic heterocycles. The molecule has 8 nitrogen and oxygen atoms in total.